The van der Waals surface area contributed by atoms with Crippen LogP contribution in [0.5, 0.6) is 0 Å². The molecule has 1 aromatic carbocycles. The number of carboxylic acids is 1. The van der Waals surface area contributed by atoms with Crippen LogP contribution in [-0.4, -0.2) is 87.0 Å². The van der Waals surface area contributed by atoms with Gasteiger partial charge in [-0.25, -0.2) is 9.78 Å². The number of fused-ring (bicyclic) bond motifs is 2. The Morgan fingerprint density at radius 3 is 2.73 bits per heavy atom. The largest absolute Gasteiger partial charge is 0.477 e. The first-order valence-electron chi connectivity index (χ1n) is 13.3. The third-order valence-corrected chi connectivity index (χ3v) is 11.2. The second-order valence-corrected chi connectivity index (χ2v) is 14.1. The number of piperazine rings is 1. The van der Waals surface area contributed by atoms with Crippen LogP contribution >= 0.6 is 46.2 Å². The summed E-state index contributed by atoms with van der Waals surface area (Å²) in [6, 6.07) is 6.43. The normalized spacial score (nSPS) is 20.6. The smallest absolute Gasteiger partial charge is 0.352 e. The molecule has 13 nitrogen and oxygen atoms in total. The van der Waals surface area contributed by atoms with Crippen LogP contribution in [0.1, 0.15) is 5.69 Å². The standard InChI is InChI=1S/C27H25N7O6S4/c28-27-30-16(12-43-27)20(32-40)23(36)31-21-24(37)34-22(26(38)39)13(11-42-25(21)34)3-8-41-19-10-17(35)15-2-1-14(9-18(15)44-19)33-6-4-29-5-7-33/h1-3,8-10,12,21,25,29,40H,4-7,11H2,(H2,28,30)(H,31,36)(H,38,39)/t21?,25-/m1/s1. The average Bonchev–Trinajstić information content (AvgIpc) is 3.45. The van der Waals surface area contributed by atoms with Gasteiger partial charge in [0.05, 0.1) is 4.21 Å². The topological polar surface area (TPSA) is 191 Å². The summed E-state index contributed by atoms with van der Waals surface area (Å²) >= 11 is 5.14. The van der Waals surface area contributed by atoms with Gasteiger partial charge in [-0.3, -0.25) is 19.3 Å². The number of carbonyl (C=O) groups excluding carboxylic acids is 2. The lowest BCUT2D eigenvalue weighted by molar-refractivity contribution is -0.150. The Balaban J connectivity index is 1.17. The Labute approximate surface area is 266 Å². The molecule has 6 rings (SSSR count). The van der Waals surface area contributed by atoms with E-state index in [-0.39, 0.29) is 27.7 Å². The van der Waals surface area contributed by atoms with Crippen LogP contribution in [0.4, 0.5) is 10.8 Å². The fourth-order valence-corrected chi connectivity index (χ4v) is 8.95. The first-order valence-corrected chi connectivity index (χ1v) is 16.9. The van der Waals surface area contributed by atoms with E-state index >= 15 is 0 Å². The number of hydrogen-bond acceptors (Lipinski definition) is 14. The van der Waals surface area contributed by atoms with Gasteiger partial charge in [0, 0.05) is 59.2 Å². The Morgan fingerprint density at radius 1 is 1.23 bits per heavy atom. The molecule has 0 radical (unpaired) electrons. The van der Waals surface area contributed by atoms with Crippen molar-refractivity contribution in [2.24, 2.45) is 5.16 Å². The summed E-state index contributed by atoms with van der Waals surface area (Å²) in [4.78, 5) is 58.2. The van der Waals surface area contributed by atoms with Crippen LogP contribution in [-0.2, 0) is 14.4 Å². The lowest BCUT2D eigenvalue weighted by atomic mass is 10.0. The number of thiazole rings is 1. The fourth-order valence-electron chi connectivity index (χ4n) is 5.07. The molecule has 2 amide bonds. The van der Waals surface area contributed by atoms with Crippen molar-refractivity contribution in [1.29, 1.82) is 0 Å². The number of hydrogen-bond donors (Lipinski definition) is 5. The number of nitrogen functional groups attached to an aromatic ring is 1. The van der Waals surface area contributed by atoms with Gasteiger partial charge in [-0.15, -0.1) is 34.4 Å². The third-order valence-electron chi connectivity index (χ3n) is 7.19. The molecule has 2 saturated heterocycles. The minimum Gasteiger partial charge on any atom is -0.477 e. The highest BCUT2D eigenvalue weighted by atomic mass is 32.2. The zero-order chi connectivity index (χ0) is 31.0. The quantitative estimate of drug-likeness (QED) is 0.0770. The Bertz CT molecular complexity index is 1810. The number of nitrogens with one attached hydrogen (secondary N) is 2. The molecule has 2 fully saturated rings. The number of aliphatic carboxylic acids is 1. The van der Waals surface area contributed by atoms with E-state index in [9.17, 15) is 29.5 Å². The van der Waals surface area contributed by atoms with Crippen molar-refractivity contribution in [1.82, 2.24) is 20.5 Å². The molecule has 5 heterocycles. The molecule has 6 N–H and O–H groups in total. The van der Waals surface area contributed by atoms with Crippen molar-refractivity contribution in [3.63, 3.8) is 0 Å². The second-order valence-electron chi connectivity index (χ2n) is 9.83. The molecule has 1 unspecified atom stereocenters. The van der Waals surface area contributed by atoms with Gasteiger partial charge in [0.25, 0.3) is 11.8 Å². The summed E-state index contributed by atoms with van der Waals surface area (Å²) in [5.41, 5.74) is 6.48. The van der Waals surface area contributed by atoms with Crippen LogP contribution in [0.15, 0.2) is 66.6 Å². The van der Waals surface area contributed by atoms with E-state index in [1.807, 2.05) is 18.2 Å². The lowest BCUT2D eigenvalue weighted by Crippen LogP contribution is -2.71. The number of nitrogens with zero attached hydrogens (tertiary/aromatic N) is 4. The number of aromatic nitrogens is 1. The van der Waals surface area contributed by atoms with E-state index in [1.165, 1.54) is 40.2 Å². The molecule has 3 aliphatic heterocycles. The summed E-state index contributed by atoms with van der Waals surface area (Å²) in [6.07, 6.45) is 1.64. The summed E-state index contributed by atoms with van der Waals surface area (Å²) in [5.74, 6) is -2.45. The number of carboxylic acid groups (broad SMARTS) is 1. The molecule has 0 spiro atoms. The van der Waals surface area contributed by atoms with E-state index in [0.717, 1.165) is 57.0 Å². The molecule has 3 aromatic rings. The van der Waals surface area contributed by atoms with Gasteiger partial charge in [-0.05, 0) is 35.3 Å². The fraction of sp³-hybridized carbons (Fsp3) is 0.259. The van der Waals surface area contributed by atoms with E-state index in [4.69, 9.17) is 5.73 Å². The molecule has 0 bridgehead atoms. The molecule has 44 heavy (non-hydrogen) atoms. The van der Waals surface area contributed by atoms with Crippen molar-refractivity contribution >= 4 is 90.6 Å². The number of nitrogens with two attached hydrogens (primary N) is 1. The summed E-state index contributed by atoms with van der Waals surface area (Å²) in [6.45, 7) is 3.60. The van der Waals surface area contributed by atoms with Gasteiger partial charge in [0.1, 0.15) is 22.8 Å². The number of anilines is 2. The number of benzene rings is 1. The van der Waals surface area contributed by atoms with E-state index in [2.05, 4.69) is 25.7 Å². The van der Waals surface area contributed by atoms with Gasteiger partial charge in [-0.1, -0.05) is 16.9 Å². The van der Waals surface area contributed by atoms with Gasteiger partial charge in [-0.2, -0.15) is 0 Å². The monoisotopic (exact) mass is 671 g/mol. The SMILES string of the molecule is Nc1nc(C(=NO)C(=O)NC2C(=O)N3C(C(=O)O)=C(C=CSc4cc(=O)c5ccc(N6CCNCC6)cc5s4)CS[C@H]23)cs1. The number of allylic oxidation sites excluding steroid dienone is 1. The van der Waals surface area contributed by atoms with Crippen molar-refractivity contribution in [2.45, 2.75) is 15.6 Å². The molecule has 228 valence electrons. The lowest BCUT2D eigenvalue weighted by Gasteiger charge is -2.49. The van der Waals surface area contributed by atoms with Gasteiger partial charge in [0.2, 0.25) is 0 Å². The van der Waals surface area contributed by atoms with Gasteiger partial charge < -0.3 is 31.6 Å². The summed E-state index contributed by atoms with van der Waals surface area (Å²) < 4.78 is 1.62. The number of carbonyl (C=O) groups is 3. The predicted octanol–water partition coefficient (Wildman–Crippen LogP) is 1.93. The molecular formula is C27H25N7O6S4. The van der Waals surface area contributed by atoms with Crippen molar-refractivity contribution < 1.29 is 24.7 Å². The van der Waals surface area contributed by atoms with Crippen LogP contribution < -0.4 is 26.7 Å². The number of thioether (sulfide) groups is 2. The Morgan fingerprint density at radius 2 is 2.02 bits per heavy atom. The van der Waals surface area contributed by atoms with Crippen molar-refractivity contribution in [3.05, 3.63) is 68.3 Å². The molecule has 17 heteroatoms. The third kappa shape index (κ3) is 5.80. The van der Waals surface area contributed by atoms with Crippen molar-refractivity contribution in [3.8, 4) is 0 Å². The maximum Gasteiger partial charge on any atom is 0.352 e. The molecule has 2 atom stereocenters. The van der Waals surface area contributed by atoms with Gasteiger partial charge >= 0.3 is 5.97 Å². The maximum absolute atomic E-state index is 13.0. The van der Waals surface area contributed by atoms with Crippen LogP contribution in [0.25, 0.3) is 10.1 Å². The highest BCUT2D eigenvalue weighted by molar-refractivity contribution is 8.04. The minimum absolute atomic E-state index is 0.0555. The molecule has 2 aromatic heterocycles. The molecule has 0 aliphatic carbocycles. The van der Waals surface area contributed by atoms with E-state index in [0.29, 0.717) is 11.0 Å². The first-order chi connectivity index (χ1) is 21.2. The maximum atomic E-state index is 13.0. The summed E-state index contributed by atoms with van der Waals surface area (Å²) in [7, 11) is 0. The van der Waals surface area contributed by atoms with E-state index < -0.39 is 34.9 Å². The number of rotatable bonds is 8. The number of oxime groups is 1. The zero-order valence-corrected chi connectivity index (χ0v) is 26.0. The van der Waals surface area contributed by atoms with Crippen LogP contribution in [0.2, 0.25) is 0 Å². The molecular weight excluding hydrogens is 647 g/mol. The van der Waals surface area contributed by atoms with Gasteiger partial charge in [0.15, 0.2) is 16.3 Å². The Hall–Kier alpha value is -3.90. The van der Waals surface area contributed by atoms with Crippen molar-refractivity contribution in [2.75, 3.05) is 42.6 Å². The minimum atomic E-state index is -1.27. The zero-order valence-electron chi connectivity index (χ0n) is 22.8. The Kier molecular flexibility index (Phi) is 8.64. The van der Waals surface area contributed by atoms with Crippen LogP contribution in [0.3, 0.4) is 0 Å². The average molecular weight is 672 g/mol. The highest BCUT2D eigenvalue weighted by Gasteiger charge is 2.54. The molecule has 3 aliphatic rings. The predicted molar refractivity (Wildman–Crippen MR) is 173 cm³/mol. The second kappa shape index (κ2) is 12.6. The first kappa shape index (κ1) is 30.1. The summed E-state index contributed by atoms with van der Waals surface area (Å²) in [5, 5.41) is 31.5. The van der Waals surface area contributed by atoms with E-state index in [1.54, 1.807) is 17.6 Å². The van der Waals surface area contributed by atoms with Crippen LogP contribution in [0, 0.1) is 0 Å². The highest BCUT2D eigenvalue weighted by Crippen LogP contribution is 2.41. The molecule has 0 saturated carbocycles. The number of β-lactam (4-membered cyclic amide) rings is 1. The number of amides is 2.